The molecule has 0 bridgehead atoms. The van der Waals surface area contributed by atoms with Crippen molar-refractivity contribution >= 4 is 23.7 Å². The molecule has 1 amide bonds. The van der Waals surface area contributed by atoms with Crippen molar-refractivity contribution in [3.05, 3.63) is 53.1 Å². The van der Waals surface area contributed by atoms with Crippen LogP contribution in [0, 0.1) is 0 Å². The van der Waals surface area contributed by atoms with Gasteiger partial charge in [-0.05, 0) is 50.2 Å². The highest BCUT2D eigenvalue weighted by Crippen LogP contribution is 2.22. The molecule has 0 saturated carbocycles. The first-order chi connectivity index (χ1) is 12.5. The molecule has 0 saturated heterocycles. The molecule has 0 aliphatic heterocycles. The molecule has 0 unspecified atom stereocenters. The Kier molecular flexibility index (Phi) is 7.29. The maximum absolute atomic E-state index is 12.1. The number of hydrogen-bond acceptors (Lipinski definition) is 5. The zero-order valence-corrected chi connectivity index (χ0v) is 15.6. The van der Waals surface area contributed by atoms with Crippen molar-refractivity contribution in [1.82, 2.24) is 5.43 Å². The van der Waals surface area contributed by atoms with Crippen molar-refractivity contribution in [3.8, 4) is 17.2 Å². The Morgan fingerprint density at radius 3 is 2.77 bits per heavy atom. The summed E-state index contributed by atoms with van der Waals surface area (Å²) >= 11 is 5.90. The van der Waals surface area contributed by atoms with Crippen LogP contribution < -0.4 is 19.6 Å². The summed E-state index contributed by atoms with van der Waals surface area (Å²) in [5.41, 5.74) is 3.14. The quantitative estimate of drug-likeness (QED) is 0.563. The Morgan fingerprint density at radius 2 is 2.08 bits per heavy atom. The van der Waals surface area contributed by atoms with Crippen molar-refractivity contribution in [2.45, 2.75) is 20.0 Å². The summed E-state index contributed by atoms with van der Waals surface area (Å²) in [7, 11) is 1.58. The van der Waals surface area contributed by atoms with Crippen molar-refractivity contribution in [3.63, 3.8) is 0 Å². The van der Waals surface area contributed by atoms with Crippen molar-refractivity contribution in [2.24, 2.45) is 5.10 Å². The molecule has 0 aliphatic carbocycles. The maximum Gasteiger partial charge on any atom is 0.280 e. The molecule has 0 aromatic heterocycles. The molecule has 2 aromatic rings. The number of hydrogen-bond donors (Lipinski definition) is 1. The molecule has 26 heavy (non-hydrogen) atoms. The molecule has 138 valence electrons. The summed E-state index contributed by atoms with van der Waals surface area (Å²) in [6.07, 6.45) is 0.764. The van der Waals surface area contributed by atoms with Crippen LogP contribution in [-0.2, 0) is 4.79 Å². The third kappa shape index (κ3) is 5.67. The van der Waals surface area contributed by atoms with E-state index < -0.39 is 6.10 Å². The number of carbonyl (C=O) groups is 1. The molecular weight excluding hydrogens is 356 g/mol. The molecule has 0 heterocycles. The van der Waals surface area contributed by atoms with Gasteiger partial charge in [0.05, 0.1) is 19.9 Å². The highest BCUT2D eigenvalue weighted by Gasteiger charge is 2.14. The fourth-order valence-corrected chi connectivity index (χ4v) is 2.28. The minimum atomic E-state index is -0.734. The molecule has 2 rings (SSSR count). The molecule has 2 aromatic carbocycles. The Bertz CT molecular complexity index is 780. The number of methoxy groups -OCH3 is 1. The topological polar surface area (TPSA) is 69.2 Å². The van der Waals surface area contributed by atoms with E-state index in [2.05, 4.69) is 10.5 Å². The fourth-order valence-electron chi connectivity index (χ4n) is 2.10. The molecule has 7 heteroatoms. The second-order valence-corrected chi connectivity index (χ2v) is 5.72. The maximum atomic E-state index is 12.1. The van der Waals surface area contributed by atoms with Gasteiger partial charge in [0.15, 0.2) is 6.10 Å². The standard InChI is InChI=1S/C19H21ClN2O4/c1-4-25-18-9-8-16(24-3)10-14(18)12-21-22-19(23)13(2)26-17-7-5-6-15(20)11-17/h5-13H,4H2,1-3H3,(H,22,23)/b21-12-/t13-/m0/s1. The van der Waals surface area contributed by atoms with Gasteiger partial charge in [0.1, 0.15) is 17.2 Å². The van der Waals surface area contributed by atoms with Crippen LogP contribution in [0.15, 0.2) is 47.6 Å². The SMILES string of the molecule is CCOc1ccc(OC)cc1/C=N\NC(=O)[C@H](C)Oc1cccc(Cl)c1. The lowest BCUT2D eigenvalue weighted by molar-refractivity contribution is -0.127. The number of nitrogens with zero attached hydrogens (tertiary/aromatic N) is 1. The fraction of sp³-hybridized carbons (Fsp3) is 0.263. The number of halogens is 1. The molecular formula is C19H21ClN2O4. The van der Waals surface area contributed by atoms with Gasteiger partial charge >= 0.3 is 0 Å². The summed E-state index contributed by atoms with van der Waals surface area (Å²) in [5, 5.41) is 4.51. The van der Waals surface area contributed by atoms with Crippen LogP contribution in [0.2, 0.25) is 5.02 Å². The van der Waals surface area contributed by atoms with E-state index in [0.29, 0.717) is 34.4 Å². The summed E-state index contributed by atoms with van der Waals surface area (Å²) in [6, 6.07) is 12.2. The molecule has 1 N–H and O–H groups in total. The molecule has 0 fully saturated rings. The smallest absolute Gasteiger partial charge is 0.280 e. The van der Waals surface area contributed by atoms with Gasteiger partial charge < -0.3 is 14.2 Å². The van der Waals surface area contributed by atoms with Crippen LogP contribution in [-0.4, -0.2) is 31.9 Å². The predicted molar refractivity (Wildman–Crippen MR) is 101 cm³/mol. The van der Waals surface area contributed by atoms with E-state index >= 15 is 0 Å². The Labute approximate surface area is 157 Å². The highest BCUT2D eigenvalue weighted by molar-refractivity contribution is 6.30. The van der Waals surface area contributed by atoms with Gasteiger partial charge in [0.2, 0.25) is 0 Å². The number of amides is 1. The van der Waals surface area contributed by atoms with Gasteiger partial charge in [-0.15, -0.1) is 0 Å². The average molecular weight is 377 g/mol. The van der Waals surface area contributed by atoms with Gasteiger partial charge in [0, 0.05) is 10.6 Å². The van der Waals surface area contributed by atoms with Crippen LogP contribution in [0.1, 0.15) is 19.4 Å². The Morgan fingerprint density at radius 1 is 1.27 bits per heavy atom. The number of rotatable bonds is 8. The average Bonchev–Trinajstić information content (AvgIpc) is 2.63. The van der Waals surface area contributed by atoms with E-state index in [1.807, 2.05) is 6.92 Å². The second kappa shape index (κ2) is 9.68. The van der Waals surface area contributed by atoms with Gasteiger partial charge in [-0.25, -0.2) is 5.43 Å². The van der Waals surface area contributed by atoms with Crippen molar-refractivity contribution in [1.29, 1.82) is 0 Å². The Hall–Kier alpha value is -2.73. The van der Waals surface area contributed by atoms with Crippen LogP contribution in [0.3, 0.4) is 0 Å². The lowest BCUT2D eigenvalue weighted by Crippen LogP contribution is -2.33. The van der Waals surface area contributed by atoms with Crippen molar-refractivity contribution < 1.29 is 19.0 Å². The number of ether oxygens (including phenoxy) is 3. The first-order valence-corrected chi connectivity index (χ1v) is 8.47. The van der Waals surface area contributed by atoms with Gasteiger partial charge in [-0.2, -0.15) is 5.10 Å². The van der Waals surface area contributed by atoms with Crippen LogP contribution >= 0.6 is 11.6 Å². The van der Waals surface area contributed by atoms with Gasteiger partial charge in [-0.1, -0.05) is 17.7 Å². The summed E-state index contributed by atoms with van der Waals surface area (Å²) in [5.74, 6) is 1.44. The monoisotopic (exact) mass is 376 g/mol. The highest BCUT2D eigenvalue weighted by atomic mass is 35.5. The van der Waals surface area contributed by atoms with E-state index in [9.17, 15) is 4.79 Å². The van der Waals surface area contributed by atoms with E-state index in [1.54, 1.807) is 56.5 Å². The van der Waals surface area contributed by atoms with Crippen molar-refractivity contribution in [2.75, 3.05) is 13.7 Å². The molecule has 0 radical (unpaired) electrons. The third-order valence-corrected chi connectivity index (χ3v) is 3.61. The largest absolute Gasteiger partial charge is 0.497 e. The lowest BCUT2D eigenvalue weighted by Gasteiger charge is -2.13. The molecule has 0 spiro atoms. The second-order valence-electron chi connectivity index (χ2n) is 5.29. The first kappa shape index (κ1) is 19.6. The summed E-state index contributed by atoms with van der Waals surface area (Å²) in [4.78, 5) is 12.1. The molecule has 6 nitrogen and oxygen atoms in total. The number of hydrazone groups is 1. The van der Waals surface area contributed by atoms with Crippen LogP contribution in [0.5, 0.6) is 17.2 Å². The third-order valence-electron chi connectivity index (χ3n) is 3.37. The van der Waals surface area contributed by atoms with E-state index in [-0.39, 0.29) is 5.91 Å². The zero-order chi connectivity index (χ0) is 18.9. The zero-order valence-electron chi connectivity index (χ0n) is 14.9. The first-order valence-electron chi connectivity index (χ1n) is 8.09. The van der Waals surface area contributed by atoms with Gasteiger partial charge in [0.25, 0.3) is 5.91 Å². The Balaban J connectivity index is 1.99. The van der Waals surface area contributed by atoms with E-state index in [4.69, 9.17) is 25.8 Å². The van der Waals surface area contributed by atoms with Crippen LogP contribution in [0.4, 0.5) is 0 Å². The van der Waals surface area contributed by atoms with Crippen LogP contribution in [0.25, 0.3) is 0 Å². The number of carbonyl (C=O) groups excluding carboxylic acids is 1. The summed E-state index contributed by atoms with van der Waals surface area (Å²) in [6.45, 7) is 4.04. The van der Waals surface area contributed by atoms with E-state index in [0.717, 1.165) is 0 Å². The normalized spacial score (nSPS) is 11.8. The predicted octanol–water partition coefficient (Wildman–Crippen LogP) is 3.66. The number of benzene rings is 2. The number of nitrogens with one attached hydrogen (secondary N) is 1. The van der Waals surface area contributed by atoms with E-state index in [1.165, 1.54) is 6.21 Å². The lowest BCUT2D eigenvalue weighted by atomic mass is 10.2. The van der Waals surface area contributed by atoms with Gasteiger partial charge in [-0.3, -0.25) is 4.79 Å². The molecule has 0 aliphatic rings. The summed E-state index contributed by atoms with van der Waals surface area (Å²) < 4.78 is 16.3. The minimum Gasteiger partial charge on any atom is -0.497 e. The molecule has 1 atom stereocenters. The minimum absolute atomic E-state index is 0.387.